The van der Waals surface area contributed by atoms with E-state index in [0.717, 1.165) is 0 Å². The lowest BCUT2D eigenvalue weighted by atomic mass is 10.2. The average molecular weight is 359 g/mol. The molecule has 1 aliphatic heterocycles. The van der Waals surface area contributed by atoms with Crippen molar-refractivity contribution in [2.75, 3.05) is 26.3 Å². The number of carbonyl (C=O) groups excluding carboxylic acids is 1. The summed E-state index contributed by atoms with van der Waals surface area (Å²) in [6.07, 6.45) is -0.960. The topological polar surface area (TPSA) is 96.7 Å². The highest BCUT2D eigenvalue weighted by atomic mass is 35.5. The van der Waals surface area contributed by atoms with Gasteiger partial charge in [0, 0.05) is 13.1 Å². The largest absolute Gasteiger partial charge is 0.444 e. The van der Waals surface area contributed by atoms with Gasteiger partial charge in [-0.25, -0.2) is 13.2 Å². The average Bonchev–Trinajstić information content (AvgIpc) is 2.55. The Bertz CT molecular complexity index is 738. The summed E-state index contributed by atoms with van der Waals surface area (Å²) in [6.45, 7) is 2.54. The summed E-state index contributed by atoms with van der Waals surface area (Å²) in [4.78, 5) is 11.9. The van der Waals surface area contributed by atoms with Crippen LogP contribution in [0.3, 0.4) is 0 Å². The highest BCUT2D eigenvalue weighted by molar-refractivity contribution is 7.89. The maximum atomic E-state index is 12.6. The van der Waals surface area contributed by atoms with Crippen LogP contribution in [0.1, 0.15) is 17.3 Å². The van der Waals surface area contributed by atoms with E-state index < -0.39 is 22.1 Å². The maximum Gasteiger partial charge on any atom is 0.340 e. The van der Waals surface area contributed by atoms with E-state index >= 15 is 0 Å². The molecule has 0 aliphatic carbocycles. The highest BCUT2D eigenvalue weighted by Gasteiger charge is 2.28. The molecule has 1 aromatic rings. The number of nitriles is 1. The summed E-state index contributed by atoms with van der Waals surface area (Å²) < 4.78 is 36.4. The quantitative estimate of drug-likeness (QED) is 0.755. The summed E-state index contributed by atoms with van der Waals surface area (Å²) in [5.74, 6) is -0.844. The van der Waals surface area contributed by atoms with E-state index in [-0.39, 0.29) is 28.6 Å². The minimum Gasteiger partial charge on any atom is -0.444 e. The Hall–Kier alpha value is -1.66. The fourth-order valence-electron chi connectivity index (χ4n) is 2.01. The van der Waals surface area contributed by atoms with Crippen LogP contribution in [0.5, 0.6) is 0 Å². The molecule has 1 saturated heterocycles. The summed E-state index contributed by atoms with van der Waals surface area (Å²) >= 11 is 5.94. The molecule has 1 fully saturated rings. The molecule has 1 aromatic carbocycles. The molecule has 0 unspecified atom stereocenters. The van der Waals surface area contributed by atoms with Crippen molar-refractivity contribution in [3.8, 4) is 6.07 Å². The Balaban J connectivity index is 2.33. The molecule has 0 radical (unpaired) electrons. The lowest BCUT2D eigenvalue weighted by molar-refractivity contribution is 0.0435. The first-order chi connectivity index (χ1) is 10.9. The first kappa shape index (κ1) is 17.7. The van der Waals surface area contributed by atoms with Crippen LogP contribution in [-0.2, 0) is 19.5 Å². The first-order valence-electron chi connectivity index (χ1n) is 6.84. The van der Waals surface area contributed by atoms with Crippen molar-refractivity contribution < 1.29 is 22.7 Å². The molecule has 2 rings (SSSR count). The second kappa shape index (κ2) is 7.27. The van der Waals surface area contributed by atoms with Crippen molar-refractivity contribution in [1.29, 1.82) is 5.26 Å². The number of benzene rings is 1. The molecule has 0 aromatic heterocycles. The van der Waals surface area contributed by atoms with Gasteiger partial charge in [0.25, 0.3) is 0 Å². The summed E-state index contributed by atoms with van der Waals surface area (Å²) in [7, 11) is -3.75. The molecule has 0 bridgehead atoms. The van der Waals surface area contributed by atoms with Gasteiger partial charge in [-0.2, -0.15) is 9.57 Å². The molecule has 124 valence electrons. The number of sulfonamides is 1. The summed E-state index contributed by atoms with van der Waals surface area (Å²) in [5, 5.41) is 8.74. The Morgan fingerprint density at radius 2 is 2.09 bits per heavy atom. The SMILES string of the molecule is C[C@H](C#N)OC(=O)c1cc(S(=O)(=O)N2CCOCC2)ccc1Cl. The van der Waals surface area contributed by atoms with Crippen LogP contribution in [0, 0.1) is 11.3 Å². The Kier molecular flexibility index (Phi) is 5.59. The van der Waals surface area contributed by atoms with Crippen molar-refractivity contribution in [1.82, 2.24) is 4.31 Å². The molecule has 0 saturated carbocycles. The van der Waals surface area contributed by atoms with Crippen LogP contribution in [0.25, 0.3) is 0 Å². The van der Waals surface area contributed by atoms with Crippen LogP contribution >= 0.6 is 11.6 Å². The Morgan fingerprint density at radius 3 is 2.70 bits per heavy atom. The molecule has 7 nitrogen and oxygen atoms in total. The van der Waals surface area contributed by atoms with Gasteiger partial charge in [-0.3, -0.25) is 0 Å². The monoisotopic (exact) mass is 358 g/mol. The van der Waals surface area contributed by atoms with Gasteiger partial charge in [0.15, 0.2) is 6.10 Å². The van der Waals surface area contributed by atoms with E-state index in [1.165, 1.54) is 29.4 Å². The third-order valence-corrected chi connectivity index (χ3v) is 5.46. The molecule has 0 spiro atoms. The fraction of sp³-hybridized carbons (Fsp3) is 0.429. The number of esters is 1. The Morgan fingerprint density at radius 1 is 1.43 bits per heavy atom. The summed E-state index contributed by atoms with van der Waals surface area (Å²) in [5.41, 5.74) is -0.0944. The van der Waals surface area contributed by atoms with Crippen LogP contribution < -0.4 is 0 Å². The normalized spacial score (nSPS) is 17.3. The predicted molar refractivity (Wildman–Crippen MR) is 81.5 cm³/mol. The number of morpholine rings is 1. The highest BCUT2D eigenvalue weighted by Crippen LogP contribution is 2.24. The molecule has 23 heavy (non-hydrogen) atoms. The van der Waals surface area contributed by atoms with Crippen molar-refractivity contribution in [3.63, 3.8) is 0 Å². The smallest absolute Gasteiger partial charge is 0.340 e. The van der Waals surface area contributed by atoms with Crippen LogP contribution in [0.4, 0.5) is 0 Å². The van der Waals surface area contributed by atoms with E-state index in [4.69, 9.17) is 26.3 Å². The molecule has 1 aliphatic rings. The van der Waals surface area contributed by atoms with Gasteiger partial charge >= 0.3 is 5.97 Å². The second-order valence-electron chi connectivity index (χ2n) is 4.83. The second-order valence-corrected chi connectivity index (χ2v) is 7.18. The number of hydrogen-bond donors (Lipinski definition) is 0. The molecular weight excluding hydrogens is 344 g/mol. The number of hydrogen-bond acceptors (Lipinski definition) is 6. The number of ether oxygens (including phenoxy) is 2. The van der Waals surface area contributed by atoms with E-state index in [9.17, 15) is 13.2 Å². The van der Waals surface area contributed by atoms with E-state index in [0.29, 0.717) is 13.2 Å². The van der Waals surface area contributed by atoms with Gasteiger partial charge in [0.05, 0.1) is 28.7 Å². The predicted octanol–water partition coefficient (Wildman–Crippen LogP) is 1.43. The lowest BCUT2D eigenvalue weighted by Crippen LogP contribution is -2.40. The van der Waals surface area contributed by atoms with Crippen molar-refractivity contribution in [3.05, 3.63) is 28.8 Å². The zero-order chi connectivity index (χ0) is 17.0. The fourth-order valence-corrected chi connectivity index (χ4v) is 3.64. The minimum atomic E-state index is -3.75. The van der Waals surface area contributed by atoms with Gasteiger partial charge in [-0.15, -0.1) is 0 Å². The van der Waals surface area contributed by atoms with Crippen LogP contribution in [0.15, 0.2) is 23.1 Å². The third-order valence-electron chi connectivity index (χ3n) is 3.23. The number of halogens is 1. The zero-order valence-electron chi connectivity index (χ0n) is 12.4. The van der Waals surface area contributed by atoms with Crippen molar-refractivity contribution >= 4 is 27.6 Å². The van der Waals surface area contributed by atoms with Gasteiger partial charge in [-0.05, 0) is 25.1 Å². The van der Waals surface area contributed by atoms with Crippen LogP contribution in [0.2, 0.25) is 5.02 Å². The number of nitrogens with zero attached hydrogens (tertiary/aromatic N) is 2. The molecule has 0 N–H and O–H groups in total. The van der Waals surface area contributed by atoms with E-state index in [2.05, 4.69) is 0 Å². The molecule has 9 heteroatoms. The van der Waals surface area contributed by atoms with Gasteiger partial charge < -0.3 is 9.47 Å². The molecule has 1 atom stereocenters. The van der Waals surface area contributed by atoms with Gasteiger partial charge in [0.2, 0.25) is 10.0 Å². The molecular formula is C14H15ClN2O5S. The zero-order valence-corrected chi connectivity index (χ0v) is 13.9. The first-order valence-corrected chi connectivity index (χ1v) is 8.66. The van der Waals surface area contributed by atoms with Gasteiger partial charge in [0.1, 0.15) is 6.07 Å². The van der Waals surface area contributed by atoms with E-state index in [1.54, 1.807) is 6.07 Å². The van der Waals surface area contributed by atoms with Crippen molar-refractivity contribution in [2.24, 2.45) is 0 Å². The van der Waals surface area contributed by atoms with Gasteiger partial charge in [-0.1, -0.05) is 11.6 Å². The number of carbonyl (C=O) groups is 1. The number of rotatable bonds is 4. The summed E-state index contributed by atoms with van der Waals surface area (Å²) in [6, 6.07) is 5.57. The van der Waals surface area contributed by atoms with Crippen molar-refractivity contribution in [2.45, 2.75) is 17.9 Å². The third kappa shape index (κ3) is 4.00. The Labute approximate surface area is 139 Å². The molecule has 0 amide bonds. The minimum absolute atomic E-state index is 0.0552. The lowest BCUT2D eigenvalue weighted by Gasteiger charge is -2.26. The molecule has 1 heterocycles. The standard InChI is InChI=1S/C14H15ClN2O5S/c1-10(9-16)22-14(18)12-8-11(2-3-13(12)15)23(19,20)17-4-6-21-7-5-17/h2-3,8,10H,4-7H2,1H3/t10-/m1/s1. The van der Waals surface area contributed by atoms with Crippen LogP contribution in [-0.4, -0.2) is 51.1 Å². The maximum absolute atomic E-state index is 12.6. The van der Waals surface area contributed by atoms with E-state index in [1.807, 2.05) is 0 Å².